The second kappa shape index (κ2) is 10.6. The van der Waals surface area contributed by atoms with Crippen molar-refractivity contribution in [3.63, 3.8) is 0 Å². The second-order valence-corrected chi connectivity index (χ2v) is 6.21. The minimum atomic E-state index is -0.879. The number of hydrogen-bond acceptors (Lipinski definition) is 3. The Morgan fingerprint density at radius 3 is 1.92 bits per heavy atom. The van der Waals surface area contributed by atoms with Gasteiger partial charge in [0, 0.05) is 5.54 Å². The van der Waals surface area contributed by atoms with Crippen LogP contribution in [-0.2, 0) is 5.54 Å². The molecule has 2 aromatic carbocycles. The fourth-order valence-corrected chi connectivity index (χ4v) is 3.40. The molecular weight excluding hydrogens is 312 g/mol. The molecule has 1 saturated carbocycles. The Hall–Kier alpha value is -2.17. The minimum Gasteiger partial charge on any atom is -0.478 e. The highest BCUT2D eigenvalue weighted by Crippen LogP contribution is 2.36. The molecule has 0 saturated heterocycles. The number of hydrogen-bond donors (Lipinski definition) is 3. The van der Waals surface area contributed by atoms with Crippen LogP contribution in [0, 0.1) is 0 Å². The summed E-state index contributed by atoms with van der Waals surface area (Å²) in [4.78, 5) is 10.2. The van der Waals surface area contributed by atoms with E-state index in [2.05, 4.69) is 42.6 Å². The molecule has 0 spiro atoms. The van der Waals surface area contributed by atoms with E-state index < -0.39 is 5.97 Å². The van der Waals surface area contributed by atoms with Gasteiger partial charge in [0.25, 0.3) is 0 Å². The third kappa shape index (κ3) is 6.00. The van der Waals surface area contributed by atoms with Gasteiger partial charge in [0.15, 0.2) is 0 Å². The highest BCUT2D eigenvalue weighted by Gasteiger charge is 2.32. The zero-order valence-electron chi connectivity index (χ0n) is 15.1. The molecule has 0 heterocycles. The Balaban J connectivity index is 0.000000270. The molecule has 0 radical (unpaired) electrons. The number of carboxylic acids is 1. The van der Waals surface area contributed by atoms with Crippen LogP contribution in [-0.4, -0.2) is 17.6 Å². The third-order valence-corrected chi connectivity index (χ3v) is 4.57. The standard InChI is InChI=1S/C14H21N.C7H6O2.H3N/c1-2-15-14(11-7-4-8-12-14)13-9-5-3-6-10-13;8-7(9)6-4-2-1-3-5-6;/h3,5-6,9-10,15H,2,4,7-8,11-12H2,1H3;1-5H,(H,8,9);1H3. The molecule has 0 unspecified atom stereocenters. The van der Waals surface area contributed by atoms with Gasteiger partial charge in [-0.1, -0.05) is 74.7 Å². The molecule has 0 bridgehead atoms. The summed E-state index contributed by atoms with van der Waals surface area (Å²) in [6, 6.07) is 19.3. The van der Waals surface area contributed by atoms with Crippen LogP contribution in [0.4, 0.5) is 0 Å². The van der Waals surface area contributed by atoms with Crippen molar-refractivity contribution >= 4 is 5.97 Å². The first-order chi connectivity index (χ1) is 11.7. The van der Waals surface area contributed by atoms with Gasteiger partial charge in [-0.3, -0.25) is 0 Å². The molecule has 1 fully saturated rings. The Morgan fingerprint density at radius 1 is 0.960 bits per heavy atom. The van der Waals surface area contributed by atoms with E-state index in [1.807, 2.05) is 0 Å². The quantitative estimate of drug-likeness (QED) is 0.730. The van der Waals surface area contributed by atoms with Gasteiger partial charge >= 0.3 is 5.97 Å². The highest BCUT2D eigenvalue weighted by molar-refractivity contribution is 5.87. The van der Waals surface area contributed by atoms with Gasteiger partial charge in [0.1, 0.15) is 0 Å². The Labute approximate surface area is 150 Å². The lowest BCUT2D eigenvalue weighted by molar-refractivity contribution is 0.0697. The lowest BCUT2D eigenvalue weighted by Crippen LogP contribution is -2.43. The molecule has 0 aromatic heterocycles. The van der Waals surface area contributed by atoms with E-state index in [0.717, 1.165) is 6.54 Å². The number of aromatic carboxylic acids is 1. The monoisotopic (exact) mass is 342 g/mol. The van der Waals surface area contributed by atoms with E-state index in [9.17, 15) is 4.79 Å². The number of carboxylic acid groups (broad SMARTS) is 1. The molecule has 25 heavy (non-hydrogen) atoms. The minimum absolute atomic E-state index is 0. The molecule has 136 valence electrons. The average molecular weight is 342 g/mol. The number of rotatable bonds is 4. The lowest BCUT2D eigenvalue weighted by Gasteiger charge is -2.38. The van der Waals surface area contributed by atoms with Crippen molar-refractivity contribution in [2.45, 2.75) is 44.6 Å². The second-order valence-electron chi connectivity index (χ2n) is 6.21. The Morgan fingerprint density at radius 2 is 1.48 bits per heavy atom. The first kappa shape index (κ1) is 20.9. The summed E-state index contributed by atoms with van der Waals surface area (Å²) in [5.41, 5.74) is 2.08. The van der Waals surface area contributed by atoms with Gasteiger partial charge in [-0.05, 0) is 37.1 Å². The molecule has 0 aliphatic heterocycles. The molecule has 4 nitrogen and oxygen atoms in total. The Bertz CT molecular complexity index is 603. The molecule has 2 aromatic rings. The highest BCUT2D eigenvalue weighted by atomic mass is 16.4. The fourth-order valence-electron chi connectivity index (χ4n) is 3.40. The molecule has 3 rings (SSSR count). The van der Waals surface area contributed by atoms with Crippen LogP contribution in [0.3, 0.4) is 0 Å². The molecule has 1 aliphatic carbocycles. The fraction of sp³-hybridized carbons (Fsp3) is 0.381. The van der Waals surface area contributed by atoms with E-state index in [0.29, 0.717) is 5.56 Å². The van der Waals surface area contributed by atoms with Crippen LogP contribution in [0.1, 0.15) is 54.9 Å². The average Bonchev–Trinajstić information content (AvgIpc) is 2.65. The maximum atomic E-state index is 10.2. The molecule has 0 atom stereocenters. The smallest absolute Gasteiger partial charge is 0.335 e. The van der Waals surface area contributed by atoms with Crippen LogP contribution in [0.25, 0.3) is 0 Å². The number of carbonyl (C=O) groups is 1. The SMILES string of the molecule is CCNC1(c2ccccc2)CCCCC1.N.O=C(O)c1ccccc1. The van der Waals surface area contributed by atoms with E-state index in [-0.39, 0.29) is 11.7 Å². The molecule has 4 heteroatoms. The van der Waals surface area contributed by atoms with Crippen molar-refractivity contribution in [2.24, 2.45) is 0 Å². The van der Waals surface area contributed by atoms with E-state index in [1.54, 1.807) is 30.3 Å². The number of nitrogens with one attached hydrogen (secondary N) is 1. The largest absolute Gasteiger partial charge is 0.478 e. The van der Waals surface area contributed by atoms with Crippen LogP contribution in [0.5, 0.6) is 0 Å². The first-order valence-corrected chi connectivity index (χ1v) is 8.77. The zero-order valence-corrected chi connectivity index (χ0v) is 15.1. The van der Waals surface area contributed by atoms with Crippen LogP contribution < -0.4 is 11.5 Å². The summed E-state index contributed by atoms with van der Waals surface area (Å²) < 4.78 is 0. The third-order valence-electron chi connectivity index (χ3n) is 4.57. The van der Waals surface area contributed by atoms with E-state index in [4.69, 9.17) is 5.11 Å². The lowest BCUT2D eigenvalue weighted by atomic mass is 9.76. The van der Waals surface area contributed by atoms with Crippen molar-refractivity contribution in [2.75, 3.05) is 6.54 Å². The molecule has 5 N–H and O–H groups in total. The van der Waals surface area contributed by atoms with Gasteiger partial charge < -0.3 is 16.6 Å². The topological polar surface area (TPSA) is 84.3 Å². The molecular formula is C21H30N2O2. The summed E-state index contributed by atoms with van der Waals surface area (Å²) in [7, 11) is 0. The maximum Gasteiger partial charge on any atom is 0.335 e. The molecule has 1 aliphatic rings. The van der Waals surface area contributed by atoms with Gasteiger partial charge in [0.05, 0.1) is 5.56 Å². The predicted octanol–water partition coefficient (Wildman–Crippen LogP) is 5.00. The summed E-state index contributed by atoms with van der Waals surface area (Å²) in [6.45, 7) is 3.27. The van der Waals surface area contributed by atoms with Crippen molar-refractivity contribution < 1.29 is 9.90 Å². The van der Waals surface area contributed by atoms with E-state index in [1.165, 1.54) is 37.7 Å². The van der Waals surface area contributed by atoms with Crippen molar-refractivity contribution in [3.8, 4) is 0 Å². The van der Waals surface area contributed by atoms with Gasteiger partial charge in [-0.2, -0.15) is 0 Å². The Kier molecular flexibility index (Phi) is 8.89. The van der Waals surface area contributed by atoms with Crippen LogP contribution in [0.15, 0.2) is 60.7 Å². The summed E-state index contributed by atoms with van der Waals surface area (Å²) in [6.07, 6.45) is 6.72. The zero-order chi connectivity index (χ0) is 17.3. The first-order valence-electron chi connectivity index (χ1n) is 8.77. The molecule has 0 amide bonds. The van der Waals surface area contributed by atoms with Crippen LogP contribution in [0.2, 0.25) is 0 Å². The van der Waals surface area contributed by atoms with Gasteiger partial charge in [-0.15, -0.1) is 0 Å². The van der Waals surface area contributed by atoms with E-state index >= 15 is 0 Å². The summed E-state index contributed by atoms with van der Waals surface area (Å²) in [5.74, 6) is -0.879. The van der Waals surface area contributed by atoms with Gasteiger partial charge in [-0.25, -0.2) is 4.79 Å². The van der Waals surface area contributed by atoms with Crippen LogP contribution >= 0.6 is 0 Å². The predicted molar refractivity (Wildman–Crippen MR) is 103 cm³/mol. The summed E-state index contributed by atoms with van der Waals surface area (Å²) in [5, 5.41) is 12.1. The van der Waals surface area contributed by atoms with Gasteiger partial charge in [0.2, 0.25) is 0 Å². The summed E-state index contributed by atoms with van der Waals surface area (Å²) >= 11 is 0. The number of benzene rings is 2. The van der Waals surface area contributed by atoms with Crippen molar-refractivity contribution in [1.29, 1.82) is 0 Å². The van der Waals surface area contributed by atoms with Crippen molar-refractivity contribution in [1.82, 2.24) is 11.5 Å². The van der Waals surface area contributed by atoms with Crippen molar-refractivity contribution in [3.05, 3.63) is 71.8 Å². The normalized spacial score (nSPS) is 15.2. The maximum absolute atomic E-state index is 10.2.